The Morgan fingerprint density at radius 3 is 2.38 bits per heavy atom. The maximum atomic E-state index is 14.5. The molecule has 0 heterocycles. The molecule has 0 radical (unpaired) electrons. The van der Waals surface area contributed by atoms with E-state index in [1.807, 2.05) is 0 Å². The molecule has 3 rings (SSSR count). The molecule has 29 heavy (non-hydrogen) atoms. The van der Waals surface area contributed by atoms with Gasteiger partial charge in [-0.1, -0.05) is 38.5 Å². The molecule has 0 amide bonds. The lowest BCUT2D eigenvalue weighted by Crippen LogP contribution is -2.20. The fraction of sp³-hybridized carbons (Fsp3) is 0.478. The molecule has 0 atom stereocenters. The Morgan fingerprint density at radius 1 is 1.03 bits per heavy atom. The highest BCUT2D eigenvalue weighted by Crippen LogP contribution is 2.33. The number of fused-ring (bicyclic) bond motifs is 1. The second kappa shape index (κ2) is 9.02. The van der Waals surface area contributed by atoms with Crippen molar-refractivity contribution in [3.8, 4) is 17.6 Å². The van der Waals surface area contributed by atoms with Crippen molar-refractivity contribution in [1.82, 2.24) is 0 Å². The van der Waals surface area contributed by atoms with Crippen LogP contribution in [-0.2, 0) is 0 Å². The maximum Gasteiger partial charge on any atom is 0.458 e. The first-order chi connectivity index (χ1) is 13.8. The minimum atomic E-state index is -4.82. The van der Waals surface area contributed by atoms with Gasteiger partial charge in [0.25, 0.3) is 0 Å². The Kier molecular flexibility index (Phi) is 6.66. The molecule has 0 spiro atoms. The second-order valence-corrected chi connectivity index (χ2v) is 7.66. The SMILES string of the molecule is CCCC1CCC(COc2ccc3c(F)c(C#CC(F)(F)F)c(F)cc3c2)CC1. The summed E-state index contributed by atoms with van der Waals surface area (Å²) >= 11 is 0. The molecule has 2 aromatic rings. The van der Waals surface area contributed by atoms with Crippen LogP contribution < -0.4 is 4.74 Å². The summed E-state index contributed by atoms with van der Waals surface area (Å²) in [6.45, 7) is 2.75. The maximum absolute atomic E-state index is 14.5. The van der Waals surface area contributed by atoms with Crippen LogP contribution in [0, 0.1) is 35.3 Å². The molecule has 0 bridgehead atoms. The van der Waals surface area contributed by atoms with E-state index in [0.29, 0.717) is 18.3 Å². The van der Waals surface area contributed by atoms with Crippen LogP contribution in [0.25, 0.3) is 10.8 Å². The molecule has 0 unspecified atom stereocenters. The molecule has 0 saturated heterocycles. The third kappa shape index (κ3) is 5.62. The van der Waals surface area contributed by atoms with Crippen molar-refractivity contribution in [2.24, 2.45) is 11.8 Å². The monoisotopic (exact) mass is 410 g/mol. The van der Waals surface area contributed by atoms with Gasteiger partial charge in [-0.15, -0.1) is 0 Å². The zero-order chi connectivity index (χ0) is 21.0. The highest BCUT2D eigenvalue weighted by Gasteiger charge is 2.24. The van der Waals surface area contributed by atoms with Gasteiger partial charge < -0.3 is 4.74 Å². The summed E-state index contributed by atoms with van der Waals surface area (Å²) in [5, 5.41) is 0.229. The highest BCUT2D eigenvalue weighted by atomic mass is 19.4. The van der Waals surface area contributed by atoms with Crippen LogP contribution in [0.5, 0.6) is 5.75 Å². The van der Waals surface area contributed by atoms with Gasteiger partial charge in [-0.05, 0) is 54.3 Å². The molecule has 156 valence electrons. The molecule has 2 aromatic carbocycles. The summed E-state index contributed by atoms with van der Waals surface area (Å²) in [5.74, 6) is 1.99. The van der Waals surface area contributed by atoms with E-state index in [1.165, 1.54) is 37.8 Å². The van der Waals surface area contributed by atoms with Crippen molar-refractivity contribution < 1.29 is 26.7 Å². The van der Waals surface area contributed by atoms with Gasteiger partial charge in [-0.25, -0.2) is 8.78 Å². The van der Waals surface area contributed by atoms with Crippen LogP contribution in [-0.4, -0.2) is 12.8 Å². The smallest absolute Gasteiger partial charge is 0.458 e. The first kappa shape index (κ1) is 21.4. The van der Waals surface area contributed by atoms with Crippen LogP contribution >= 0.6 is 0 Å². The van der Waals surface area contributed by atoms with Crippen molar-refractivity contribution in [3.05, 3.63) is 41.5 Å². The average molecular weight is 410 g/mol. The molecule has 1 fully saturated rings. The van der Waals surface area contributed by atoms with Gasteiger partial charge in [-0.3, -0.25) is 0 Å². The Hall–Kier alpha value is -2.29. The number of rotatable bonds is 5. The summed E-state index contributed by atoms with van der Waals surface area (Å²) in [6.07, 6.45) is 2.30. The number of ether oxygens (including phenoxy) is 1. The van der Waals surface area contributed by atoms with Crippen LogP contribution in [0.15, 0.2) is 24.3 Å². The van der Waals surface area contributed by atoms with Crippen molar-refractivity contribution >= 4 is 10.8 Å². The summed E-state index contributed by atoms with van der Waals surface area (Å²) in [4.78, 5) is 0. The second-order valence-electron chi connectivity index (χ2n) is 7.66. The Balaban J connectivity index is 1.71. The zero-order valence-corrected chi connectivity index (χ0v) is 16.2. The lowest BCUT2D eigenvalue weighted by molar-refractivity contribution is -0.0696. The van der Waals surface area contributed by atoms with E-state index in [-0.39, 0.29) is 10.8 Å². The normalized spacial score (nSPS) is 19.7. The van der Waals surface area contributed by atoms with Crippen LogP contribution in [0.1, 0.15) is 51.0 Å². The van der Waals surface area contributed by atoms with Gasteiger partial charge in [0.15, 0.2) is 0 Å². The minimum Gasteiger partial charge on any atom is -0.493 e. The van der Waals surface area contributed by atoms with Crippen LogP contribution in [0.4, 0.5) is 22.0 Å². The average Bonchev–Trinajstić information content (AvgIpc) is 2.66. The largest absolute Gasteiger partial charge is 0.493 e. The molecule has 1 aliphatic carbocycles. The van der Waals surface area contributed by atoms with E-state index in [4.69, 9.17) is 4.74 Å². The van der Waals surface area contributed by atoms with Crippen LogP contribution in [0.2, 0.25) is 0 Å². The lowest BCUT2D eigenvalue weighted by atomic mass is 9.80. The van der Waals surface area contributed by atoms with Gasteiger partial charge >= 0.3 is 6.18 Å². The lowest BCUT2D eigenvalue weighted by Gasteiger charge is -2.28. The molecule has 1 saturated carbocycles. The molecule has 1 aliphatic rings. The molecular weight excluding hydrogens is 387 g/mol. The third-order valence-corrected chi connectivity index (χ3v) is 5.48. The summed E-state index contributed by atoms with van der Waals surface area (Å²) < 4.78 is 71.1. The van der Waals surface area contributed by atoms with E-state index in [1.54, 1.807) is 12.0 Å². The molecular formula is C23H23F5O. The fourth-order valence-corrected chi connectivity index (χ4v) is 3.96. The number of hydrogen-bond acceptors (Lipinski definition) is 1. The van der Waals surface area contributed by atoms with Gasteiger partial charge in [0.1, 0.15) is 17.4 Å². The third-order valence-electron chi connectivity index (χ3n) is 5.48. The molecule has 0 aromatic heterocycles. The van der Waals surface area contributed by atoms with E-state index in [2.05, 4.69) is 6.92 Å². The first-order valence-corrected chi connectivity index (χ1v) is 9.91. The number of hydrogen-bond donors (Lipinski definition) is 0. The first-order valence-electron chi connectivity index (χ1n) is 9.91. The standard InChI is InChI=1S/C23H23F5O/c1-2-3-15-4-6-16(7-5-15)14-29-18-8-9-19-17(12-18)13-21(24)20(22(19)25)10-11-23(26,27)28/h8-9,12-13,15-16H,2-7,14H2,1H3. The van der Waals surface area contributed by atoms with Crippen molar-refractivity contribution in [2.45, 2.75) is 51.6 Å². The van der Waals surface area contributed by atoms with Crippen LogP contribution in [0.3, 0.4) is 0 Å². The van der Waals surface area contributed by atoms with Crippen molar-refractivity contribution in [1.29, 1.82) is 0 Å². The van der Waals surface area contributed by atoms with Gasteiger partial charge in [-0.2, -0.15) is 13.2 Å². The number of halogens is 5. The van der Waals surface area contributed by atoms with E-state index < -0.39 is 23.4 Å². The summed E-state index contributed by atoms with van der Waals surface area (Å²) in [7, 11) is 0. The number of alkyl halides is 3. The number of benzene rings is 2. The summed E-state index contributed by atoms with van der Waals surface area (Å²) in [6, 6.07) is 5.43. The summed E-state index contributed by atoms with van der Waals surface area (Å²) in [5.41, 5.74) is -0.882. The quantitative estimate of drug-likeness (QED) is 0.380. The Morgan fingerprint density at radius 2 is 1.72 bits per heavy atom. The molecule has 1 nitrogen and oxygen atoms in total. The predicted molar refractivity (Wildman–Crippen MR) is 103 cm³/mol. The molecule has 6 heteroatoms. The minimum absolute atomic E-state index is 0.00491. The predicted octanol–water partition coefficient (Wildman–Crippen LogP) is 7.02. The molecule has 0 N–H and O–H groups in total. The van der Waals surface area contributed by atoms with Crippen molar-refractivity contribution in [3.63, 3.8) is 0 Å². The zero-order valence-electron chi connectivity index (χ0n) is 16.2. The van der Waals surface area contributed by atoms with E-state index in [9.17, 15) is 22.0 Å². The van der Waals surface area contributed by atoms with Gasteiger partial charge in [0, 0.05) is 11.3 Å². The van der Waals surface area contributed by atoms with E-state index >= 15 is 0 Å². The Labute approximate surface area is 167 Å². The Bertz CT molecular complexity index is 915. The van der Waals surface area contributed by atoms with Gasteiger partial charge in [0.2, 0.25) is 0 Å². The van der Waals surface area contributed by atoms with Gasteiger partial charge in [0.05, 0.1) is 12.2 Å². The topological polar surface area (TPSA) is 9.23 Å². The molecule has 0 aliphatic heterocycles. The van der Waals surface area contributed by atoms with E-state index in [0.717, 1.165) is 30.7 Å². The van der Waals surface area contributed by atoms with Crippen molar-refractivity contribution in [2.75, 3.05) is 6.61 Å². The highest BCUT2D eigenvalue weighted by molar-refractivity contribution is 5.86. The fourth-order valence-electron chi connectivity index (χ4n) is 3.96.